The third kappa shape index (κ3) is 5.59. The highest BCUT2D eigenvalue weighted by atomic mass is 32.2. The van der Waals surface area contributed by atoms with E-state index in [0.29, 0.717) is 11.3 Å². The molecule has 0 saturated carbocycles. The summed E-state index contributed by atoms with van der Waals surface area (Å²) in [5, 5.41) is 10.6. The first-order valence-corrected chi connectivity index (χ1v) is 10.5. The van der Waals surface area contributed by atoms with Crippen LogP contribution in [0.2, 0.25) is 0 Å². The summed E-state index contributed by atoms with van der Waals surface area (Å²) in [5.41, 5.74) is 1.61. The number of likely N-dealkylation sites (N-methyl/N-ethyl adjacent to an activating group) is 1. The van der Waals surface area contributed by atoms with Crippen molar-refractivity contribution in [3.63, 3.8) is 0 Å². The molecule has 0 spiro atoms. The Morgan fingerprint density at radius 3 is 2.41 bits per heavy atom. The number of hydrogen-bond acceptors (Lipinski definition) is 6. The first-order valence-electron chi connectivity index (χ1n) is 8.10. The van der Waals surface area contributed by atoms with Crippen molar-refractivity contribution in [2.75, 3.05) is 26.9 Å². The zero-order valence-electron chi connectivity index (χ0n) is 15.3. The van der Waals surface area contributed by atoms with Crippen LogP contribution in [0.4, 0.5) is 0 Å². The number of carboxylic acids is 1. The van der Waals surface area contributed by atoms with Crippen LogP contribution in [0.1, 0.15) is 21.5 Å². The SMILES string of the molecule is CN(C)CCc1ccc(Oc2ccc(C(=O)O)cc2S(C)(=O)=O)c(C=S)c1. The van der Waals surface area contributed by atoms with E-state index in [0.717, 1.165) is 30.9 Å². The lowest BCUT2D eigenvalue weighted by atomic mass is 10.1. The minimum atomic E-state index is -3.69. The van der Waals surface area contributed by atoms with E-state index in [4.69, 9.17) is 22.1 Å². The van der Waals surface area contributed by atoms with Crippen LogP contribution in [0.25, 0.3) is 0 Å². The van der Waals surface area contributed by atoms with Gasteiger partial charge in [-0.15, -0.1) is 0 Å². The fourth-order valence-corrected chi connectivity index (χ4v) is 3.43. The van der Waals surface area contributed by atoms with Crippen molar-refractivity contribution < 1.29 is 23.1 Å². The van der Waals surface area contributed by atoms with Crippen LogP contribution in [0.15, 0.2) is 41.3 Å². The molecular weight excluding hydrogens is 386 g/mol. The van der Waals surface area contributed by atoms with Gasteiger partial charge in [-0.2, -0.15) is 0 Å². The van der Waals surface area contributed by atoms with E-state index in [-0.39, 0.29) is 16.2 Å². The van der Waals surface area contributed by atoms with Crippen molar-refractivity contribution in [1.82, 2.24) is 4.90 Å². The van der Waals surface area contributed by atoms with Crippen LogP contribution in [0, 0.1) is 0 Å². The number of aromatic carboxylic acids is 1. The standard InChI is InChI=1S/C19H21NO5S2/c1-20(2)9-8-13-4-6-16(15(10-13)12-26)25-17-7-5-14(19(21)22)11-18(17)27(3,23)24/h4-7,10-12H,8-9H2,1-3H3,(H,21,22). The van der Waals surface area contributed by atoms with Crippen LogP contribution in [0.5, 0.6) is 11.5 Å². The number of ether oxygens (including phenoxy) is 1. The Bertz CT molecular complexity index is 968. The summed E-state index contributed by atoms with van der Waals surface area (Å²) in [4.78, 5) is 13.0. The number of carboxylic acid groups (broad SMARTS) is 1. The number of hydrogen-bond donors (Lipinski definition) is 1. The highest BCUT2D eigenvalue weighted by molar-refractivity contribution is 7.90. The quantitative estimate of drug-likeness (QED) is 0.673. The minimum absolute atomic E-state index is 0.0571. The Hall–Kier alpha value is -2.29. The van der Waals surface area contributed by atoms with Gasteiger partial charge in [0.2, 0.25) is 0 Å². The molecule has 144 valence electrons. The smallest absolute Gasteiger partial charge is 0.335 e. The van der Waals surface area contributed by atoms with Gasteiger partial charge in [-0.3, -0.25) is 0 Å². The molecule has 2 rings (SSSR count). The maximum atomic E-state index is 12.1. The van der Waals surface area contributed by atoms with Gasteiger partial charge in [-0.05, 0) is 56.4 Å². The first-order chi connectivity index (χ1) is 12.6. The van der Waals surface area contributed by atoms with Crippen molar-refractivity contribution in [2.45, 2.75) is 11.3 Å². The summed E-state index contributed by atoms with van der Waals surface area (Å²) in [6.07, 6.45) is 1.84. The van der Waals surface area contributed by atoms with Gasteiger partial charge in [0.15, 0.2) is 9.84 Å². The van der Waals surface area contributed by atoms with E-state index in [1.807, 2.05) is 26.2 Å². The van der Waals surface area contributed by atoms with Crippen molar-refractivity contribution in [1.29, 1.82) is 0 Å². The highest BCUT2D eigenvalue weighted by Crippen LogP contribution is 2.32. The fourth-order valence-electron chi connectivity index (χ4n) is 2.42. The minimum Gasteiger partial charge on any atom is -0.478 e. The second-order valence-electron chi connectivity index (χ2n) is 6.38. The van der Waals surface area contributed by atoms with E-state index in [1.54, 1.807) is 6.07 Å². The number of nitrogens with zero attached hydrogens (tertiary/aromatic N) is 1. The first kappa shape index (κ1) is 21.0. The van der Waals surface area contributed by atoms with E-state index in [9.17, 15) is 13.2 Å². The number of benzene rings is 2. The zero-order valence-corrected chi connectivity index (χ0v) is 16.9. The molecular formula is C19H21NO5S2. The molecule has 6 nitrogen and oxygen atoms in total. The van der Waals surface area contributed by atoms with Crippen LogP contribution in [-0.2, 0) is 16.3 Å². The maximum absolute atomic E-state index is 12.1. The molecule has 0 radical (unpaired) electrons. The summed E-state index contributed by atoms with van der Waals surface area (Å²) < 4.78 is 29.9. The summed E-state index contributed by atoms with van der Waals surface area (Å²) in [5.74, 6) is -0.746. The van der Waals surface area contributed by atoms with Gasteiger partial charge in [0.25, 0.3) is 0 Å². The molecule has 0 unspecified atom stereocenters. The number of thiocarbonyl (C=S) groups is 1. The Kier molecular flexibility index (Phi) is 6.69. The van der Waals surface area contributed by atoms with E-state index < -0.39 is 15.8 Å². The Morgan fingerprint density at radius 2 is 1.85 bits per heavy atom. The van der Waals surface area contributed by atoms with Gasteiger partial charge in [0.1, 0.15) is 16.4 Å². The van der Waals surface area contributed by atoms with E-state index in [2.05, 4.69) is 4.90 Å². The maximum Gasteiger partial charge on any atom is 0.335 e. The summed E-state index contributed by atoms with van der Waals surface area (Å²) in [6.45, 7) is 0.881. The third-order valence-corrected chi connectivity index (χ3v) is 5.23. The molecule has 0 atom stereocenters. The molecule has 0 fully saturated rings. The number of sulfone groups is 1. The molecule has 0 saturated heterocycles. The van der Waals surface area contributed by atoms with Gasteiger partial charge in [0, 0.05) is 23.7 Å². The summed E-state index contributed by atoms with van der Waals surface area (Å²) >= 11 is 5.07. The van der Waals surface area contributed by atoms with Crippen molar-refractivity contribution in [3.8, 4) is 11.5 Å². The average molecular weight is 408 g/mol. The second kappa shape index (κ2) is 8.60. The van der Waals surface area contributed by atoms with Crippen molar-refractivity contribution >= 4 is 33.4 Å². The summed E-state index contributed by atoms with van der Waals surface area (Å²) in [6, 6.07) is 9.27. The molecule has 0 amide bonds. The van der Waals surface area contributed by atoms with Crippen molar-refractivity contribution in [3.05, 3.63) is 53.1 Å². The lowest BCUT2D eigenvalue weighted by Crippen LogP contribution is -2.15. The highest BCUT2D eigenvalue weighted by Gasteiger charge is 2.19. The van der Waals surface area contributed by atoms with Gasteiger partial charge in [-0.25, -0.2) is 13.2 Å². The molecule has 27 heavy (non-hydrogen) atoms. The molecule has 0 aliphatic rings. The van der Waals surface area contributed by atoms with Crippen molar-refractivity contribution in [2.24, 2.45) is 0 Å². The monoisotopic (exact) mass is 407 g/mol. The number of rotatable bonds is 8. The molecule has 1 N–H and O–H groups in total. The average Bonchev–Trinajstić information content (AvgIpc) is 2.59. The predicted octanol–water partition coefficient (Wildman–Crippen LogP) is 3.03. The van der Waals surface area contributed by atoms with Crippen LogP contribution in [-0.4, -0.2) is 56.7 Å². The normalized spacial score (nSPS) is 11.4. The van der Waals surface area contributed by atoms with Gasteiger partial charge in [-0.1, -0.05) is 18.3 Å². The van der Waals surface area contributed by atoms with Crippen LogP contribution >= 0.6 is 12.2 Å². The molecule has 0 heterocycles. The molecule has 0 bridgehead atoms. The summed E-state index contributed by atoms with van der Waals surface area (Å²) in [7, 11) is 0.297. The third-order valence-electron chi connectivity index (χ3n) is 3.86. The topological polar surface area (TPSA) is 83.9 Å². The van der Waals surface area contributed by atoms with E-state index >= 15 is 0 Å². The lowest BCUT2D eigenvalue weighted by molar-refractivity contribution is 0.0696. The molecule has 2 aromatic carbocycles. The lowest BCUT2D eigenvalue weighted by Gasteiger charge is -2.14. The van der Waals surface area contributed by atoms with Gasteiger partial charge < -0.3 is 14.7 Å². The molecule has 0 aliphatic carbocycles. The predicted molar refractivity (Wildman–Crippen MR) is 108 cm³/mol. The van der Waals surface area contributed by atoms with Gasteiger partial charge >= 0.3 is 5.97 Å². The fraction of sp³-hybridized carbons (Fsp3) is 0.263. The molecule has 0 aliphatic heterocycles. The zero-order chi connectivity index (χ0) is 20.2. The van der Waals surface area contributed by atoms with Gasteiger partial charge in [0.05, 0.1) is 5.56 Å². The largest absolute Gasteiger partial charge is 0.478 e. The molecule has 2 aromatic rings. The number of carbonyl (C=O) groups is 1. The Labute approximate surface area is 164 Å². The Morgan fingerprint density at radius 1 is 1.19 bits per heavy atom. The van der Waals surface area contributed by atoms with Crippen LogP contribution in [0.3, 0.4) is 0 Å². The Balaban J connectivity index is 2.41. The molecule has 8 heteroatoms. The second-order valence-corrected chi connectivity index (χ2v) is 8.60. The van der Waals surface area contributed by atoms with Crippen LogP contribution < -0.4 is 4.74 Å². The molecule has 0 aromatic heterocycles. The van der Waals surface area contributed by atoms with E-state index in [1.165, 1.54) is 17.5 Å².